The topological polar surface area (TPSA) is 126 Å². The highest BCUT2D eigenvalue weighted by Gasteiger charge is 2.18. The molecular formula is C24H18ClFN8O2. The van der Waals surface area contributed by atoms with Gasteiger partial charge in [-0.05, 0) is 28.8 Å². The van der Waals surface area contributed by atoms with Crippen molar-refractivity contribution in [2.75, 3.05) is 0 Å². The minimum absolute atomic E-state index is 0.0160. The summed E-state index contributed by atoms with van der Waals surface area (Å²) in [4.78, 5) is 33.9. The first kappa shape index (κ1) is 23.2. The van der Waals surface area contributed by atoms with Crippen LogP contribution in [0.3, 0.4) is 0 Å². The van der Waals surface area contributed by atoms with E-state index < -0.39 is 17.6 Å². The van der Waals surface area contributed by atoms with Crippen molar-refractivity contribution < 1.29 is 14.0 Å². The molecule has 3 heterocycles. The van der Waals surface area contributed by atoms with Crippen molar-refractivity contribution in [2.45, 2.75) is 19.5 Å². The number of fused-ring (bicyclic) bond motifs is 1. The Balaban J connectivity index is 1.28. The zero-order chi connectivity index (χ0) is 25.1. The Kier molecular flexibility index (Phi) is 6.46. The Bertz CT molecular complexity index is 1530. The highest BCUT2D eigenvalue weighted by molar-refractivity contribution is 6.30. The van der Waals surface area contributed by atoms with Crippen molar-refractivity contribution in [3.63, 3.8) is 0 Å². The molecule has 0 spiro atoms. The maximum Gasteiger partial charge on any atom is 0.270 e. The fourth-order valence-electron chi connectivity index (χ4n) is 3.55. The summed E-state index contributed by atoms with van der Waals surface area (Å²) in [5, 5.41) is 17.5. The summed E-state index contributed by atoms with van der Waals surface area (Å²) in [7, 11) is 0. The van der Waals surface area contributed by atoms with Crippen molar-refractivity contribution >= 4 is 41.1 Å². The summed E-state index contributed by atoms with van der Waals surface area (Å²) in [5.41, 5.74) is 3.43. The first-order valence-corrected chi connectivity index (χ1v) is 11.2. The van der Waals surface area contributed by atoms with Crippen LogP contribution in [0.5, 0.6) is 0 Å². The zero-order valence-corrected chi connectivity index (χ0v) is 19.4. The minimum Gasteiger partial charge on any atom is -0.347 e. The van der Waals surface area contributed by atoms with Crippen molar-refractivity contribution in [1.82, 2.24) is 30.2 Å². The second kappa shape index (κ2) is 10.0. The summed E-state index contributed by atoms with van der Waals surface area (Å²) in [6.07, 6.45) is 3.69. The molecule has 2 amide bonds. The average molecular weight is 505 g/mol. The first-order chi connectivity index (χ1) is 17.5. The highest BCUT2D eigenvalue weighted by atomic mass is 35.5. The molecule has 36 heavy (non-hydrogen) atoms. The van der Waals surface area contributed by atoms with E-state index in [2.05, 4.69) is 35.9 Å². The molecule has 0 saturated carbocycles. The molecule has 10 nitrogen and oxygen atoms in total. The van der Waals surface area contributed by atoms with E-state index >= 15 is 0 Å². The smallest absolute Gasteiger partial charge is 0.270 e. The summed E-state index contributed by atoms with van der Waals surface area (Å²) >= 11 is 5.79. The molecule has 0 atom stereocenters. The lowest BCUT2D eigenvalue weighted by Gasteiger charge is -2.10. The van der Waals surface area contributed by atoms with Crippen molar-refractivity contribution in [1.29, 1.82) is 0 Å². The molecule has 1 aliphatic rings. The van der Waals surface area contributed by atoms with Crippen LogP contribution in [-0.2, 0) is 13.1 Å². The van der Waals surface area contributed by atoms with Gasteiger partial charge in [0.25, 0.3) is 17.6 Å². The van der Waals surface area contributed by atoms with E-state index in [0.29, 0.717) is 12.0 Å². The molecule has 0 aliphatic carbocycles. The monoisotopic (exact) mass is 504 g/mol. The van der Waals surface area contributed by atoms with E-state index in [1.807, 2.05) is 24.3 Å². The Morgan fingerprint density at radius 3 is 2.50 bits per heavy atom. The summed E-state index contributed by atoms with van der Waals surface area (Å²) in [6.45, 7) is 0.349. The van der Waals surface area contributed by atoms with Gasteiger partial charge in [-0.3, -0.25) is 9.59 Å². The molecule has 0 saturated heterocycles. The van der Waals surface area contributed by atoms with E-state index in [4.69, 9.17) is 11.6 Å². The number of amides is 2. The summed E-state index contributed by atoms with van der Waals surface area (Å²) < 4.78 is 14.6. The van der Waals surface area contributed by atoms with Gasteiger partial charge in [-0.2, -0.15) is 24.8 Å². The van der Waals surface area contributed by atoms with Gasteiger partial charge in [0.15, 0.2) is 0 Å². The van der Waals surface area contributed by atoms with Crippen molar-refractivity contribution in [3.05, 3.63) is 93.8 Å². The predicted molar refractivity (Wildman–Crippen MR) is 131 cm³/mol. The van der Waals surface area contributed by atoms with Crippen LogP contribution in [0, 0.1) is 5.82 Å². The predicted octanol–water partition coefficient (Wildman–Crippen LogP) is 2.96. The number of nitrogens with one attached hydrogen (secondary N) is 2. The Morgan fingerprint density at radius 2 is 1.75 bits per heavy atom. The number of hydrogen-bond donors (Lipinski definition) is 2. The van der Waals surface area contributed by atoms with Gasteiger partial charge in [0.05, 0.1) is 10.7 Å². The maximum absolute atomic E-state index is 13.4. The number of halogens is 2. The Morgan fingerprint density at radius 1 is 1.00 bits per heavy atom. The molecular weight excluding hydrogens is 487 g/mol. The molecule has 0 bridgehead atoms. The fourth-order valence-corrected chi connectivity index (χ4v) is 3.76. The number of benzene rings is 2. The molecule has 5 rings (SSSR count). The second-order valence-electron chi connectivity index (χ2n) is 7.86. The first-order valence-electron chi connectivity index (χ1n) is 10.9. The number of hydrogen-bond acceptors (Lipinski definition) is 7. The summed E-state index contributed by atoms with van der Waals surface area (Å²) in [5.74, 6) is -1.44. The normalized spacial score (nSPS) is 12.6. The van der Waals surface area contributed by atoms with Crippen LogP contribution in [0.15, 0.2) is 65.1 Å². The SMILES string of the molecule is O=C(NCc1ccc(F)c(Cl)c1)c1cc(C(=O)NCc2ccc(C3=NN=CC3)cc2)n2ncnc2n1. The molecule has 12 heteroatoms. The van der Waals surface area contributed by atoms with Gasteiger partial charge in [0, 0.05) is 31.8 Å². The Labute approximate surface area is 208 Å². The molecule has 0 fully saturated rings. The molecule has 0 unspecified atom stereocenters. The molecule has 0 radical (unpaired) electrons. The van der Waals surface area contributed by atoms with E-state index in [0.717, 1.165) is 16.8 Å². The van der Waals surface area contributed by atoms with Crippen LogP contribution < -0.4 is 10.6 Å². The molecule has 2 aromatic heterocycles. The van der Waals surface area contributed by atoms with E-state index in [1.54, 1.807) is 6.21 Å². The number of carbonyl (C=O) groups is 2. The van der Waals surface area contributed by atoms with Gasteiger partial charge in [-0.1, -0.05) is 41.9 Å². The lowest BCUT2D eigenvalue weighted by atomic mass is 10.1. The van der Waals surface area contributed by atoms with E-state index in [9.17, 15) is 14.0 Å². The standard InChI is InChI=1S/C24H18ClFN8O2/c25-17-9-15(3-6-18(17)26)12-27-22(35)20-10-21(34-24(32-20)29-13-31-34)23(36)28-11-14-1-4-16(5-2-14)19-7-8-30-33-19/h1-6,8-10,13H,7,11-12H2,(H,27,35)(H,28,36). The molecule has 2 N–H and O–H groups in total. The van der Waals surface area contributed by atoms with Gasteiger partial charge in [-0.15, -0.1) is 0 Å². The molecule has 1 aliphatic heterocycles. The van der Waals surface area contributed by atoms with Crippen LogP contribution in [0.25, 0.3) is 5.78 Å². The van der Waals surface area contributed by atoms with Gasteiger partial charge in [0.2, 0.25) is 0 Å². The van der Waals surface area contributed by atoms with Crippen LogP contribution in [0.2, 0.25) is 5.02 Å². The van der Waals surface area contributed by atoms with Gasteiger partial charge in [0.1, 0.15) is 23.5 Å². The number of aromatic nitrogens is 4. The van der Waals surface area contributed by atoms with Crippen molar-refractivity contribution in [3.8, 4) is 0 Å². The number of nitrogens with zero attached hydrogens (tertiary/aromatic N) is 6. The lowest BCUT2D eigenvalue weighted by molar-refractivity contribution is 0.0942. The van der Waals surface area contributed by atoms with Crippen LogP contribution in [0.1, 0.15) is 44.1 Å². The maximum atomic E-state index is 13.4. The highest BCUT2D eigenvalue weighted by Crippen LogP contribution is 2.16. The quantitative estimate of drug-likeness (QED) is 0.400. The third-order valence-electron chi connectivity index (χ3n) is 5.44. The van der Waals surface area contributed by atoms with E-state index in [1.165, 1.54) is 35.1 Å². The minimum atomic E-state index is -0.546. The van der Waals surface area contributed by atoms with Crippen LogP contribution in [0.4, 0.5) is 4.39 Å². The second-order valence-corrected chi connectivity index (χ2v) is 8.27. The Hall–Kier alpha value is -4.51. The number of rotatable bonds is 7. The fraction of sp³-hybridized carbons (Fsp3) is 0.125. The van der Waals surface area contributed by atoms with E-state index in [-0.39, 0.29) is 35.3 Å². The third kappa shape index (κ3) is 4.96. The molecule has 2 aromatic carbocycles. The third-order valence-corrected chi connectivity index (χ3v) is 5.73. The molecule has 180 valence electrons. The average Bonchev–Trinajstić information content (AvgIpc) is 3.60. The van der Waals surface area contributed by atoms with Crippen LogP contribution in [-0.4, -0.2) is 43.3 Å². The summed E-state index contributed by atoms with van der Waals surface area (Å²) in [6, 6.07) is 13.1. The zero-order valence-electron chi connectivity index (χ0n) is 18.7. The van der Waals surface area contributed by atoms with Crippen LogP contribution >= 0.6 is 11.6 Å². The molecule has 4 aromatic rings. The number of carbonyl (C=O) groups excluding carboxylic acids is 2. The van der Waals surface area contributed by atoms with Gasteiger partial charge < -0.3 is 10.6 Å². The largest absolute Gasteiger partial charge is 0.347 e. The van der Waals surface area contributed by atoms with Gasteiger partial charge >= 0.3 is 0 Å². The van der Waals surface area contributed by atoms with Crippen molar-refractivity contribution in [2.24, 2.45) is 10.2 Å². The van der Waals surface area contributed by atoms with Gasteiger partial charge in [-0.25, -0.2) is 9.37 Å². The lowest BCUT2D eigenvalue weighted by Crippen LogP contribution is -2.28.